The second-order valence-electron chi connectivity index (χ2n) is 3.79. The fourth-order valence-corrected chi connectivity index (χ4v) is 1.32. The second kappa shape index (κ2) is 6.39. The molecule has 0 bridgehead atoms. The molecule has 3 amide bonds. The van der Waals surface area contributed by atoms with E-state index in [9.17, 15) is 9.59 Å². The number of anilines is 1. The van der Waals surface area contributed by atoms with E-state index >= 15 is 0 Å². The van der Waals surface area contributed by atoms with Crippen LogP contribution >= 0.6 is 0 Å². The number of nitrogens with zero attached hydrogens (tertiary/aromatic N) is 2. The molecule has 0 saturated heterocycles. The molecule has 0 atom stereocenters. The number of nitrogens with one attached hydrogen (secondary N) is 1. The molecule has 96 valence electrons. The van der Waals surface area contributed by atoms with E-state index in [1.807, 2.05) is 30.3 Å². The summed E-state index contributed by atoms with van der Waals surface area (Å²) in [6.45, 7) is 1.65. The van der Waals surface area contributed by atoms with Gasteiger partial charge in [0.2, 0.25) is 5.91 Å². The van der Waals surface area contributed by atoms with Crippen molar-refractivity contribution in [1.29, 1.82) is 0 Å². The van der Waals surface area contributed by atoms with Crippen molar-refractivity contribution in [2.24, 2.45) is 10.8 Å². The Morgan fingerprint density at radius 2 is 1.94 bits per heavy atom. The lowest BCUT2D eigenvalue weighted by Gasteiger charge is -2.16. The maximum atomic E-state index is 11.9. The lowest BCUT2D eigenvalue weighted by Crippen LogP contribution is -2.29. The highest BCUT2D eigenvalue weighted by Gasteiger charge is 2.11. The Kier molecular flexibility index (Phi) is 4.86. The van der Waals surface area contributed by atoms with E-state index in [0.717, 1.165) is 5.69 Å². The van der Waals surface area contributed by atoms with Crippen LogP contribution < -0.4 is 16.1 Å². The standard InChI is InChI=1S/C12H16N4O2/c1-9(14-15-12(13)18)8-11(17)16(2)10-6-4-3-5-7-10/h3-7H,8H2,1-2H3,(H3,13,15,18)/b14-9-. The van der Waals surface area contributed by atoms with E-state index < -0.39 is 6.03 Å². The average Bonchev–Trinajstić information content (AvgIpc) is 2.36. The summed E-state index contributed by atoms with van der Waals surface area (Å²) < 4.78 is 0. The smallest absolute Gasteiger partial charge is 0.332 e. The van der Waals surface area contributed by atoms with E-state index in [0.29, 0.717) is 5.71 Å². The van der Waals surface area contributed by atoms with Crippen LogP contribution in [0.3, 0.4) is 0 Å². The number of carbonyl (C=O) groups is 2. The third-order valence-electron chi connectivity index (χ3n) is 2.28. The molecule has 1 aromatic carbocycles. The van der Waals surface area contributed by atoms with Crippen LogP contribution in [0.25, 0.3) is 0 Å². The maximum absolute atomic E-state index is 11.9. The molecule has 6 heteroatoms. The van der Waals surface area contributed by atoms with Gasteiger partial charge in [-0.25, -0.2) is 10.2 Å². The van der Waals surface area contributed by atoms with E-state index in [-0.39, 0.29) is 12.3 Å². The van der Waals surface area contributed by atoms with Gasteiger partial charge in [0, 0.05) is 18.4 Å². The van der Waals surface area contributed by atoms with E-state index in [1.165, 1.54) is 4.90 Å². The highest BCUT2D eigenvalue weighted by atomic mass is 16.2. The summed E-state index contributed by atoms with van der Waals surface area (Å²) in [5.41, 5.74) is 8.25. The molecule has 0 aliphatic rings. The lowest BCUT2D eigenvalue weighted by atomic mass is 10.2. The van der Waals surface area contributed by atoms with Crippen LogP contribution in [0.15, 0.2) is 35.4 Å². The number of nitrogens with two attached hydrogens (primary N) is 1. The number of amides is 3. The SMILES string of the molecule is C/C(CC(=O)N(C)c1ccccc1)=N/NC(N)=O. The molecule has 3 N–H and O–H groups in total. The van der Waals surface area contributed by atoms with Gasteiger partial charge in [0.15, 0.2) is 0 Å². The normalized spacial score (nSPS) is 10.9. The molecule has 0 aliphatic carbocycles. The van der Waals surface area contributed by atoms with E-state index in [2.05, 4.69) is 10.5 Å². The average molecular weight is 248 g/mol. The Hall–Kier alpha value is -2.37. The predicted molar refractivity (Wildman–Crippen MR) is 70.3 cm³/mol. The quantitative estimate of drug-likeness (QED) is 0.617. The molecule has 0 aliphatic heterocycles. The van der Waals surface area contributed by atoms with Crippen LogP contribution in [-0.4, -0.2) is 24.7 Å². The molecule has 0 saturated carbocycles. The number of para-hydroxylation sites is 1. The van der Waals surface area contributed by atoms with E-state index in [1.54, 1.807) is 14.0 Å². The van der Waals surface area contributed by atoms with Crippen LogP contribution in [0.2, 0.25) is 0 Å². The third-order valence-corrected chi connectivity index (χ3v) is 2.28. The molecule has 1 rings (SSSR count). The van der Waals surface area contributed by atoms with Gasteiger partial charge in [-0.1, -0.05) is 18.2 Å². The van der Waals surface area contributed by atoms with Crippen LogP contribution in [0, 0.1) is 0 Å². The van der Waals surface area contributed by atoms with Gasteiger partial charge in [-0.15, -0.1) is 0 Å². The Labute approximate surface area is 105 Å². The summed E-state index contributed by atoms with van der Waals surface area (Å²) >= 11 is 0. The fraction of sp³-hybridized carbons (Fsp3) is 0.250. The van der Waals surface area contributed by atoms with Gasteiger partial charge in [-0.3, -0.25) is 4.79 Å². The molecule has 0 radical (unpaired) electrons. The van der Waals surface area contributed by atoms with Crippen molar-refractivity contribution in [1.82, 2.24) is 5.43 Å². The molecule has 18 heavy (non-hydrogen) atoms. The number of hydrogen-bond acceptors (Lipinski definition) is 3. The van der Waals surface area contributed by atoms with Gasteiger partial charge < -0.3 is 10.6 Å². The largest absolute Gasteiger partial charge is 0.350 e. The molecule has 0 heterocycles. The Bertz CT molecular complexity index is 456. The Morgan fingerprint density at radius 1 is 1.33 bits per heavy atom. The summed E-state index contributed by atoms with van der Waals surface area (Å²) in [5, 5.41) is 3.68. The van der Waals surface area contributed by atoms with Crippen molar-refractivity contribution < 1.29 is 9.59 Å². The topological polar surface area (TPSA) is 87.8 Å². The summed E-state index contributed by atoms with van der Waals surface area (Å²) in [7, 11) is 1.69. The van der Waals surface area contributed by atoms with Crippen molar-refractivity contribution >= 4 is 23.3 Å². The van der Waals surface area contributed by atoms with Crippen molar-refractivity contribution in [2.75, 3.05) is 11.9 Å². The van der Waals surface area contributed by atoms with Crippen molar-refractivity contribution in [3.63, 3.8) is 0 Å². The molecule has 0 unspecified atom stereocenters. The Balaban J connectivity index is 2.60. The summed E-state index contributed by atoms with van der Waals surface area (Å²) in [6.07, 6.45) is 0.117. The first-order valence-corrected chi connectivity index (χ1v) is 5.41. The molecular weight excluding hydrogens is 232 g/mol. The van der Waals surface area contributed by atoms with Crippen molar-refractivity contribution in [3.05, 3.63) is 30.3 Å². The number of carbonyl (C=O) groups excluding carboxylic acids is 2. The highest BCUT2D eigenvalue weighted by molar-refractivity contribution is 6.06. The van der Waals surface area contributed by atoms with Crippen LogP contribution in [0.4, 0.5) is 10.5 Å². The zero-order valence-electron chi connectivity index (χ0n) is 10.4. The molecule has 0 aromatic heterocycles. The minimum absolute atomic E-state index is 0.117. The fourth-order valence-electron chi connectivity index (χ4n) is 1.32. The maximum Gasteiger partial charge on any atom is 0.332 e. The Morgan fingerprint density at radius 3 is 2.50 bits per heavy atom. The number of primary amides is 1. The molecule has 0 fully saturated rings. The number of benzene rings is 1. The summed E-state index contributed by atoms with van der Waals surface area (Å²) in [5.74, 6) is -0.117. The minimum Gasteiger partial charge on any atom is -0.350 e. The third kappa shape index (κ3) is 4.25. The van der Waals surface area contributed by atoms with Gasteiger partial charge in [0.1, 0.15) is 0 Å². The molecule has 6 nitrogen and oxygen atoms in total. The summed E-state index contributed by atoms with van der Waals surface area (Å²) in [6, 6.07) is 8.52. The predicted octanol–water partition coefficient (Wildman–Crippen LogP) is 1.08. The minimum atomic E-state index is -0.752. The highest BCUT2D eigenvalue weighted by Crippen LogP contribution is 2.12. The number of rotatable bonds is 4. The van der Waals surface area contributed by atoms with E-state index in [4.69, 9.17) is 5.73 Å². The van der Waals surface area contributed by atoms with Crippen LogP contribution in [0.5, 0.6) is 0 Å². The molecular formula is C12H16N4O2. The van der Waals surface area contributed by atoms with Gasteiger partial charge in [-0.05, 0) is 19.1 Å². The lowest BCUT2D eigenvalue weighted by molar-refractivity contribution is -0.117. The first-order chi connectivity index (χ1) is 8.50. The monoisotopic (exact) mass is 248 g/mol. The number of hydrogen-bond donors (Lipinski definition) is 2. The molecule has 0 spiro atoms. The number of hydrazone groups is 1. The molecule has 1 aromatic rings. The first-order valence-electron chi connectivity index (χ1n) is 5.41. The van der Waals surface area contributed by atoms with Gasteiger partial charge in [0.25, 0.3) is 0 Å². The van der Waals surface area contributed by atoms with Gasteiger partial charge in [-0.2, -0.15) is 5.10 Å². The zero-order chi connectivity index (χ0) is 13.5. The second-order valence-corrected chi connectivity index (χ2v) is 3.79. The van der Waals surface area contributed by atoms with Crippen molar-refractivity contribution in [2.45, 2.75) is 13.3 Å². The first kappa shape index (κ1) is 13.7. The zero-order valence-corrected chi connectivity index (χ0v) is 10.4. The van der Waals surface area contributed by atoms with Gasteiger partial charge in [0.05, 0.1) is 6.42 Å². The van der Waals surface area contributed by atoms with Crippen molar-refractivity contribution in [3.8, 4) is 0 Å². The number of urea groups is 1. The van der Waals surface area contributed by atoms with Gasteiger partial charge >= 0.3 is 6.03 Å². The summed E-state index contributed by atoms with van der Waals surface area (Å²) in [4.78, 5) is 23.9. The van der Waals surface area contributed by atoms with Crippen LogP contribution in [0.1, 0.15) is 13.3 Å². The van der Waals surface area contributed by atoms with Crippen LogP contribution in [-0.2, 0) is 4.79 Å².